The molecule has 1 aromatic carbocycles. The minimum atomic E-state index is -0.929. The normalized spacial score (nSPS) is 30.3. The van der Waals surface area contributed by atoms with Gasteiger partial charge in [-0.1, -0.05) is 37.1 Å². The van der Waals surface area contributed by atoms with Crippen molar-refractivity contribution < 1.29 is 28.7 Å². The highest BCUT2D eigenvalue weighted by Crippen LogP contribution is 2.44. The Morgan fingerprint density at radius 2 is 1.47 bits per heavy atom. The zero-order valence-corrected chi connectivity index (χ0v) is 17.4. The predicted molar refractivity (Wildman–Crippen MR) is 107 cm³/mol. The molecule has 2 atom stereocenters. The Kier molecular flexibility index (Phi) is 5.51. The van der Waals surface area contributed by atoms with Crippen molar-refractivity contribution in [2.24, 2.45) is 5.92 Å². The molecular weight excluding hydrogens is 384 g/mol. The Balaban J connectivity index is 1.48. The molecule has 30 heavy (non-hydrogen) atoms. The van der Waals surface area contributed by atoms with Crippen LogP contribution in [0, 0.1) is 5.92 Å². The Morgan fingerprint density at radius 1 is 0.867 bits per heavy atom. The summed E-state index contributed by atoms with van der Waals surface area (Å²) in [5, 5.41) is 0. The maximum Gasteiger partial charge on any atom is 0.314 e. The standard InChI is InChI=1S/C24H28O6/c1-23(14-19(25)12-21(27)29-23)17-8-6-16(7-9-17)10-11-24(18-4-2-3-5-18)15-20(26)13-22(28)30-24/h6-9,18H,2-5,10-15H2,1H3. The number of carbonyl (C=O) groups is 4. The van der Waals surface area contributed by atoms with Crippen molar-refractivity contribution in [3.05, 3.63) is 35.4 Å². The number of Topliss-reactive ketones (excluding diaryl/α,β-unsaturated/α-hetero) is 2. The van der Waals surface area contributed by atoms with E-state index in [-0.39, 0.29) is 36.7 Å². The van der Waals surface area contributed by atoms with Gasteiger partial charge in [0.25, 0.3) is 0 Å². The molecular formula is C24H28O6. The number of cyclic esters (lactones) is 2. The van der Waals surface area contributed by atoms with Gasteiger partial charge in [0.15, 0.2) is 0 Å². The minimum absolute atomic E-state index is 0.0230. The highest BCUT2D eigenvalue weighted by atomic mass is 16.6. The first-order valence-corrected chi connectivity index (χ1v) is 10.8. The quantitative estimate of drug-likeness (QED) is 0.543. The molecule has 6 nitrogen and oxygen atoms in total. The summed E-state index contributed by atoms with van der Waals surface area (Å²) in [5.74, 6) is -0.771. The summed E-state index contributed by atoms with van der Waals surface area (Å²) in [5.41, 5.74) is 0.236. The Labute approximate surface area is 176 Å². The van der Waals surface area contributed by atoms with Crippen LogP contribution in [0.25, 0.3) is 0 Å². The molecule has 6 heteroatoms. The SMILES string of the molecule is CC1(c2ccc(CCC3(C4CCCC4)CC(=O)CC(=O)O3)cc2)CC(=O)CC(=O)O1. The molecule has 1 saturated carbocycles. The average Bonchev–Trinajstić information content (AvgIpc) is 3.20. The van der Waals surface area contributed by atoms with Gasteiger partial charge in [0.1, 0.15) is 35.6 Å². The fraction of sp³-hybridized carbons (Fsp3) is 0.583. The van der Waals surface area contributed by atoms with E-state index in [0.29, 0.717) is 19.3 Å². The first-order chi connectivity index (χ1) is 14.3. The van der Waals surface area contributed by atoms with Crippen LogP contribution in [-0.4, -0.2) is 29.1 Å². The largest absolute Gasteiger partial charge is 0.458 e. The van der Waals surface area contributed by atoms with Crippen LogP contribution in [0.4, 0.5) is 0 Å². The summed E-state index contributed by atoms with van der Waals surface area (Å²) in [7, 11) is 0. The molecule has 0 amide bonds. The van der Waals surface area contributed by atoms with Gasteiger partial charge in [0, 0.05) is 6.42 Å². The molecule has 160 valence electrons. The van der Waals surface area contributed by atoms with E-state index in [4.69, 9.17) is 9.47 Å². The van der Waals surface area contributed by atoms with Gasteiger partial charge in [0.05, 0.1) is 6.42 Å². The van der Waals surface area contributed by atoms with Crippen molar-refractivity contribution in [1.82, 2.24) is 0 Å². The summed E-state index contributed by atoms with van der Waals surface area (Å²) < 4.78 is 11.3. The number of ketones is 2. The first kappa shape index (κ1) is 20.8. The van der Waals surface area contributed by atoms with Gasteiger partial charge in [0.2, 0.25) is 0 Å². The van der Waals surface area contributed by atoms with E-state index < -0.39 is 23.1 Å². The van der Waals surface area contributed by atoms with E-state index in [9.17, 15) is 19.2 Å². The molecule has 0 aromatic heterocycles. The minimum Gasteiger partial charge on any atom is -0.458 e. The number of hydrogen-bond acceptors (Lipinski definition) is 6. The van der Waals surface area contributed by atoms with Crippen LogP contribution in [0.3, 0.4) is 0 Å². The fourth-order valence-corrected chi connectivity index (χ4v) is 5.34. The number of esters is 2. The third kappa shape index (κ3) is 4.18. The van der Waals surface area contributed by atoms with E-state index in [1.54, 1.807) is 6.92 Å². The lowest BCUT2D eigenvalue weighted by molar-refractivity contribution is -0.178. The Bertz CT molecular complexity index is 830. The molecule has 0 radical (unpaired) electrons. The predicted octanol–water partition coefficient (Wildman–Crippen LogP) is 3.58. The molecule has 1 aromatic rings. The van der Waals surface area contributed by atoms with Gasteiger partial charge >= 0.3 is 11.9 Å². The van der Waals surface area contributed by atoms with Crippen molar-refractivity contribution in [1.29, 1.82) is 0 Å². The number of carbonyl (C=O) groups excluding carboxylic acids is 4. The smallest absolute Gasteiger partial charge is 0.314 e. The lowest BCUT2D eigenvalue weighted by atomic mass is 9.76. The number of ether oxygens (including phenoxy) is 2. The summed E-state index contributed by atoms with van der Waals surface area (Å²) in [4.78, 5) is 47.8. The van der Waals surface area contributed by atoms with E-state index in [1.165, 1.54) is 0 Å². The monoisotopic (exact) mass is 412 g/mol. The van der Waals surface area contributed by atoms with Crippen LogP contribution in [0.2, 0.25) is 0 Å². The van der Waals surface area contributed by atoms with Crippen LogP contribution < -0.4 is 0 Å². The maximum absolute atomic E-state index is 12.2. The molecule has 3 aliphatic rings. The third-order valence-electron chi connectivity index (χ3n) is 6.87. The van der Waals surface area contributed by atoms with Crippen molar-refractivity contribution in [3.63, 3.8) is 0 Å². The maximum atomic E-state index is 12.2. The van der Waals surface area contributed by atoms with Crippen LogP contribution in [0.15, 0.2) is 24.3 Å². The first-order valence-electron chi connectivity index (χ1n) is 10.8. The van der Waals surface area contributed by atoms with E-state index in [1.807, 2.05) is 24.3 Å². The fourth-order valence-electron chi connectivity index (χ4n) is 5.34. The van der Waals surface area contributed by atoms with Crippen molar-refractivity contribution in [2.75, 3.05) is 0 Å². The summed E-state index contributed by atoms with van der Waals surface area (Å²) in [6.45, 7) is 1.76. The van der Waals surface area contributed by atoms with Crippen LogP contribution in [-0.2, 0) is 40.7 Å². The summed E-state index contributed by atoms with van der Waals surface area (Å²) >= 11 is 0. The van der Waals surface area contributed by atoms with Crippen LogP contribution >= 0.6 is 0 Å². The third-order valence-corrected chi connectivity index (χ3v) is 6.87. The lowest BCUT2D eigenvalue weighted by Crippen LogP contribution is -2.48. The van der Waals surface area contributed by atoms with Gasteiger partial charge in [-0.15, -0.1) is 0 Å². The van der Waals surface area contributed by atoms with Gasteiger partial charge < -0.3 is 9.47 Å². The van der Waals surface area contributed by atoms with E-state index in [0.717, 1.165) is 36.8 Å². The number of aryl methyl sites for hydroxylation is 1. The molecule has 0 bridgehead atoms. The molecule has 0 spiro atoms. The zero-order valence-electron chi connectivity index (χ0n) is 17.4. The summed E-state index contributed by atoms with van der Waals surface area (Å²) in [6, 6.07) is 7.70. The Morgan fingerprint density at radius 3 is 2.07 bits per heavy atom. The molecule has 2 aliphatic heterocycles. The van der Waals surface area contributed by atoms with Gasteiger partial charge in [-0.3, -0.25) is 19.2 Å². The Hall–Kier alpha value is -2.50. The van der Waals surface area contributed by atoms with E-state index >= 15 is 0 Å². The van der Waals surface area contributed by atoms with Crippen molar-refractivity contribution in [3.8, 4) is 0 Å². The van der Waals surface area contributed by atoms with Crippen LogP contribution in [0.1, 0.15) is 75.8 Å². The lowest BCUT2D eigenvalue weighted by Gasteiger charge is -2.41. The van der Waals surface area contributed by atoms with Gasteiger partial charge in [-0.05, 0) is 49.7 Å². The molecule has 2 unspecified atom stereocenters. The summed E-state index contributed by atoms with van der Waals surface area (Å²) in [6.07, 6.45) is 5.76. The van der Waals surface area contributed by atoms with Gasteiger partial charge in [-0.25, -0.2) is 0 Å². The second kappa shape index (κ2) is 7.97. The second-order valence-electron chi connectivity index (χ2n) is 9.21. The highest BCUT2D eigenvalue weighted by molar-refractivity contribution is 5.98. The molecule has 4 rings (SSSR count). The van der Waals surface area contributed by atoms with Crippen LogP contribution in [0.5, 0.6) is 0 Å². The van der Waals surface area contributed by atoms with Crippen molar-refractivity contribution >= 4 is 23.5 Å². The zero-order chi connectivity index (χ0) is 21.4. The molecule has 1 aliphatic carbocycles. The van der Waals surface area contributed by atoms with Crippen molar-refractivity contribution in [2.45, 2.75) is 82.3 Å². The second-order valence-corrected chi connectivity index (χ2v) is 9.21. The molecule has 2 heterocycles. The molecule has 0 N–H and O–H groups in total. The molecule has 2 saturated heterocycles. The van der Waals surface area contributed by atoms with Gasteiger partial charge in [-0.2, -0.15) is 0 Å². The number of rotatable bonds is 5. The number of benzene rings is 1. The topological polar surface area (TPSA) is 86.7 Å². The molecule has 3 fully saturated rings. The highest BCUT2D eigenvalue weighted by Gasteiger charge is 2.47. The average molecular weight is 412 g/mol. The number of hydrogen-bond donors (Lipinski definition) is 0. The van der Waals surface area contributed by atoms with E-state index in [2.05, 4.69) is 0 Å².